The van der Waals surface area contributed by atoms with Crippen LogP contribution in [0.3, 0.4) is 0 Å². The predicted molar refractivity (Wildman–Crippen MR) is 92.7 cm³/mol. The van der Waals surface area contributed by atoms with E-state index in [-0.39, 0.29) is 19.4 Å². The zero-order chi connectivity index (χ0) is 18.6. The molecule has 3 heterocycles. The summed E-state index contributed by atoms with van der Waals surface area (Å²) >= 11 is 0. The Balaban J connectivity index is 1.34. The summed E-state index contributed by atoms with van der Waals surface area (Å²) in [4.78, 5) is 4.50. The molecule has 9 heteroatoms. The first-order valence-corrected chi connectivity index (χ1v) is 9.47. The van der Waals surface area contributed by atoms with E-state index in [1.807, 2.05) is 0 Å². The third kappa shape index (κ3) is 2.92. The molecule has 2 aromatic rings. The van der Waals surface area contributed by atoms with E-state index in [0.29, 0.717) is 35.2 Å². The van der Waals surface area contributed by atoms with Gasteiger partial charge in [-0.3, -0.25) is 0 Å². The van der Waals surface area contributed by atoms with Crippen LogP contribution in [-0.4, -0.2) is 46.5 Å². The number of nitrogens with one attached hydrogen (secondary N) is 2. The highest BCUT2D eigenvalue weighted by molar-refractivity contribution is 5.56. The summed E-state index contributed by atoms with van der Waals surface area (Å²) in [5.74, 6) is 1.97. The Morgan fingerprint density at radius 3 is 2.67 bits per heavy atom. The fraction of sp³-hybridized carbons (Fsp3) is 0.667. The van der Waals surface area contributed by atoms with Crippen molar-refractivity contribution in [3.8, 4) is 5.75 Å². The maximum absolute atomic E-state index is 13.1. The lowest BCUT2D eigenvalue weighted by atomic mass is 9.94. The molecule has 146 valence electrons. The molecule has 2 atom stereocenters. The average Bonchev–Trinajstić information content (AvgIpc) is 3.28. The van der Waals surface area contributed by atoms with E-state index in [2.05, 4.69) is 20.7 Å². The lowest BCUT2D eigenvalue weighted by Crippen LogP contribution is -2.45. The monoisotopic (exact) mass is 381 g/mol. The van der Waals surface area contributed by atoms with Crippen molar-refractivity contribution in [2.45, 2.75) is 37.9 Å². The molecule has 5 rings (SSSR count). The maximum atomic E-state index is 13.1. The second kappa shape index (κ2) is 5.98. The van der Waals surface area contributed by atoms with E-state index in [0.717, 1.165) is 13.1 Å². The van der Waals surface area contributed by atoms with Gasteiger partial charge in [-0.25, -0.2) is 4.52 Å². The molecule has 2 saturated carbocycles. The predicted octanol–water partition coefficient (Wildman–Crippen LogP) is 2.86. The number of hydrogen-bond donors (Lipinski definition) is 2. The number of alkyl halides is 3. The molecule has 1 saturated heterocycles. The standard InChI is InChI=1S/C18H22F3N5O/c19-18(20,21)17(5-6-17)10-27-13-2-1-7-26-15(13)24-16(25-26)23-14-11-3-4-12(14)9-22-8-11/h1-2,7,11-12,14,22H,3-6,8-10H2,(H,23,25). The van der Waals surface area contributed by atoms with Gasteiger partial charge in [-0.1, -0.05) is 0 Å². The highest BCUT2D eigenvalue weighted by atomic mass is 19.4. The Kier molecular flexibility index (Phi) is 3.79. The minimum Gasteiger partial charge on any atom is -0.489 e. The van der Waals surface area contributed by atoms with Gasteiger partial charge in [0.05, 0.1) is 0 Å². The SMILES string of the molecule is FC(F)(F)C1(COc2cccn3nc(NC4C5CCC4CNC5)nc23)CC1. The number of halogens is 3. The number of anilines is 1. The Labute approximate surface area is 154 Å². The van der Waals surface area contributed by atoms with Crippen molar-refractivity contribution in [1.82, 2.24) is 19.9 Å². The van der Waals surface area contributed by atoms with Crippen molar-refractivity contribution in [3.05, 3.63) is 18.3 Å². The van der Waals surface area contributed by atoms with Crippen LogP contribution in [0.15, 0.2) is 18.3 Å². The van der Waals surface area contributed by atoms with Gasteiger partial charge in [0.1, 0.15) is 12.0 Å². The van der Waals surface area contributed by atoms with Gasteiger partial charge < -0.3 is 15.4 Å². The van der Waals surface area contributed by atoms with Crippen molar-refractivity contribution < 1.29 is 17.9 Å². The Morgan fingerprint density at radius 1 is 1.26 bits per heavy atom. The van der Waals surface area contributed by atoms with Gasteiger partial charge in [-0.15, -0.1) is 5.10 Å². The summed E-state index contributed by atoms with van der Waals surface area (Å²) in [5.41, 5.74) is -1.26. The molecular weight excluding hydrogens is 359 g/mol. The number of piperidine rings is 1. The maximum Gasteiger partial charge on any atom is 0.397 e. The van der Waals surface area contributed by atoms with Crippen molar-refractivity contribution in [1.29, 1.82) is 0 Å². The lowest BCUT2D eigenvalue weighted by molar-refractivity contribution is -0.194. The van der Waals surface area contributed by atoms with Crippen LogP contribution in [0.4, 0.5) is 19.1 Å². The first-order valence-electron chi connectivity index (χ1n) is 9.47. The number of nitrogens with zero attached hydrogens (tertiary/aromatic N) is 3. The molecule has 0 radical (unpaired) electrons. The van der Waals surface area contributed by atoms with E-state index in [9.17, 15) is 13.2 Å². The summed E-state index contributed by atoms with van der Waals surface area (Å²) in [6.45, 7) is 1.62. The fourth-order valence-corrected chi connectivity index (χ4v) is 4.40. The molecule has 3 fully saturated rings. The first-order chi connectivity index (χ1) is 13.0. The van der Waals surface area contributed by atoms with Crippen LogP contribution in [0, 0.1) is 17.3 Å². The zero-order valence-corrected chi connectivity index (χ0v) is 14.8. The van der Waals surface area contributed by atoms with Gasteiger partial charge in [0, 0.05) is 12.2 Å². The molecule has 6 nitrogen and oxygen atoms in total. The van der Waals surface area contributed by atoms with Crippen LogP contribution in [0.2, 0.25) is 0 Å². The fourth-order valence-electron chi connectivity index (χ4n) is 4.40. The van der Waals surface area contributed by atoms with Crippen LogP contribution < -0.4 is 15.4 Å². The van der Waals surface area contributed by atoms with Gasteiger partial charge in [-0.2, -0.15) is 18.2 Å². The van der Waals surface area contributed by atoms with E-state index < -0.39 is 11.6 Å². The molecule has 0 amide bonds. The molecule has 2 bridgehead atoms. The quantitative estimate of drug-likeness (QED) is 0.834. The molecule has 2 N–H and O–H groups in total. The van der Waals surface area contributed by atoms with Crippen LogP contribution in [0.25, 0.3) is 5.65 Å². The Morgan fingerprint density at radius 2 is 2.00 bits per heavy atom. The second-order valence-corrected chi connectivity index (χ2v) is 8.07. The van der Waals surface area contributed by atoms with Crippen molar-refractivity contribution in [2.75, 3.05) is 25.0 Å². The van der Waals surface area contributed by atoms with E-state index >= 15 is 0 Å². The van der Waals surface area contributed by atoms with Crippen molar-refractivity contribution in [2.24, 2.45) is 17.3 Å². The van der Waals surface area contributed by atoms with Crippen molar-refractivity contribution in [3.63, 3.8) is 0 Å². The lowest BCUT2D eigenvalue weighted by Gasteiger charge is -2.30. The minimum atomic E-state index is -4.23. The topological polar surface area (TPSA) is 63.5 Å². The summed E-state index contributed by atoms with van der Waals surface area (Å²) in [6.07, 6.45) is 0.128. The third-order valence-electron chi connectivity index (χ3n) is 6.32. The minimum absolute atomic E-state index is 0.123. The van der Waals surface area contributed by atoms with Gasteiger partial charge in [0.25, 0.3) is 0 Å². The zero-order valence-electron chi connectivity index (χ0n) is 14.8. The molecule has 2 aliphatic carbocycles. The van der Waals surface area contributed by atoms with Crippen LogP contribution in [0.1, 0.15) is 25.7 Å². The number of rotatable bonds is 5. The van der Waals surface area contributed by atoms with Crippen LogP contribution in [-0.2, 0) is 0 Å². The molecule has 27 heavy (non-hydrogen) atoms. The summed E-state index contributed by atoms with van der Waals surface area (Å²) < 4.78 is 46.5. The number of pyridine rings is 1. The Hall–Kier alpha value is -2.03. The van der Waals surface area contributed by atoms with Crippen molar-refractivity contribution >= 4 is 11.6 Å². The van der Waals surface area contributed by atoms with E-state index in [1.54, 1.807) is 22.8 Å². The van der Waals surface area contributed by atoms with Crippen LogP contribution in [0.5, 0.6) is 5.75 Å². The molecule has 1 aliphatic heterocycles. The summed E-state index contributed by atoms with van der Waals surface area (Å²) in [6, 6.07) is 3.70. The second-order valence-electron chi connectivity index (χ2n) is 8.07. The third-order valence-corrected chi connectivity index (χ3v) is 6.32. The molecule has 0 spiro atoms. The normalized spacial score (nSPS) is 29.1. The summed E-state index contributed by atoms with van der Waals surface area (Å²) in [5, 5.41) is 11.3. The molecule has 3 aliphatic rings. The number of aromatic nitrogens is 3. The number of ether oxygens (including phenoxy) is 1. The molecule has 0 aromatic carbocycles. The van der Waals surface area contributed by atoms with Gasteiger partial charge >= 0.3 is 6.18 Å². The highest BCUT2D eigenvalue weighted by Gasteiger charge is 2.64. The van der Waals surface area contributed by atoms with E-state index in [1.165, 1.54) is 12.8 Å². The van der Waals surface area contributed by atoms with Gasteiger partial charge in [0.2, 0.25) is 5.95 Å². The number of hydrogen-bond acceptors (Lipinski definition) is 5. The molecule has 2 aromatic heterocycles. The molecular formula is C18H22F3N5O. The Bertz CT molecular complexity index is 831. The summed E-state index contributed by atoms with van der Waals surface area (Å²) in [7, 11) is 0. The number of fused-ring (bicyclic) bond motifs is 3. The van der Waals surface area contributed by atoms with Gasteiger partial charge in [-0.05, 0) is 62.7 Å². The first kappa shape index (κ1) is 17.1. The van der Waals surface area contributed by atoms with Crippen LogP contribution >= 0.6 is 0 Å². The smallest absolute Gasteiger partial charge is 0.397 e. The average molecular weight is 381 g/mol. The molecule has 2 unspecified atom stereocenters. The highest BCUT2D eigenvalue weighted by Crippen LogP contribution is 2.57. The largest absolute Gasteiger partial charge is 0.489 e. The van der Waals surface area contributed by atoms with Gasteiger partial charge in [0.15, 0.2) is 11.4 Å². The van der Waals surface area contributed by atoms with E-state index in [4.69, 9.17) is 4.74 Å².